The van der Waals surface area contributed by atoms with Crippen molar-refractivity contribution in [3.63, 3.8) is 0 Å². The number of aryl methyl sites for hydroxylation is 4. The molecule has 6 aromatic heterocycles. The van der Waals surface area contributed by atoms with E-state index in [0.29, 0.717) is 162 Å². The second kappa shape index (κ2) is 37.4. The smallest absolute Gasteiger partial charge is 0.257 e. The lowest BCUT2D eigenvalue weighted by atomic mass is 10.1. The van der Waals surface area contributed by atoms with Gasteiger partial charge in [-0.15, -0.1) is 0 Å². The molecule has 22 rings (SSSR count). The van der Waals surface area contributed by atoms with E-state index in [1.165, 1.54) is 0 Å². The minimum Gasteiger partial charge on any atom is -0.494 e. The van der Waals surface area contributed by atoms with Crippen LogP contribution in [-0.4, -0.2) is 84.6 Å². The first kappa shape index (κ1) is 83.2. The molecule has 644 valence electrons. The zero-order chi connectivity index (χ0) is 87.1. The Morgan fingerprint density at radius 3 is 0.656 bits per heavy atom. The third-order valence-electron chi connectivity index (χ3n) is 25.2. The van der Waals surface area contributed by atoms with Crippen LogP contribution in [0.4, 0.5) is 0 Å². The molecule has 0 saturated heterocycles. The number of aromatic amines is 4. The zero-order valence-corrected chi connectivity index (χ0v) is 72.9. The van der Waals surface area contributed by atoms with E-state index in [2.05, 4.69) is 86.7 Å². The summed E-state index contributed by atoms with van der Waals surface area (Å²) < 4.78 is 34.5. The van der Waals surface area contributed by atoms with Crippen LogP contribution in [0.25, 0.3) is 132 Å². The van der Waals surface area contributed by atoms with Crippen LogP contribution in [0.15, 0.2) is 262 Å². The van der Waals surface area contributed by atoms with Gasteiger partial charge in [-0.05, 0) is 219 Å². The van der Waals surface area contributed by atoms with E-state index in [0.717, 1.165) is 192 Å². The molecule has 20 heteroatoms. The normalized spacial score (nSPS) is 14.3. The molecule has 0 spiro atoms. The molecule has 0 aliphatic carbocycles. The molecule has 20 nitrogen and oxygen atoms in total. The number of rotatable bonds is 0. The summed E-state index contributed by atoms with van der Waals surface area (Å²) in [7, 11) is 0. The Balaban J connectivity index is 0.614. The molecular weight excluding hydrogens is 1590 g/mol. The Morgan fingerprint density at radius 2 is 0.430 bits per heavy atom. The monoisotopic (exact) mass is 1700 g/mol. The van der Waals surface area contributed by atoms with Gasteiger partial charge in [-0.25, -0.2) is 19.9 Å². The summed E-state index contributed by atoms with van der Waals surface area (Å²) in [6.07, 6.45) is 16.9. The predicted molar refractivity (Wildman–Crippen MR) is 518 cm³/mol. The van der Waals surface area contributed by atoms with Gasteiger partial charge >= 0.3 is 0 Å². The van der Waals surface area contributed by atoms with E-state index >= 15 is 19.2 Å². The maximum absolute atomic E-state index is 15.3. The van der Waals surface area contributed by atoms with Gasteiger partial charge in [0.2, 0.25) is 0 Å². The van der Waals surface area contributed by atoms with Gasteiger partial charge in [-0.2, -0.15) is 0 Å². The highest BCUT2D eigenvalue weighted by atomic mass is 16.5. The first-order chi connectivity index (χ1) is 62.8. The van der Waals surface area contributed by atoms with E-state index in [4.69, 9.17) is 38.9 Å². The highest BCUT2D eigenvalue weighted by molar-refractivity contribution is 6.06. The van der Waals surface area contributed by atoms with E-state index in [9.17, 15) is 0 Å². The van der Waals surface area contributed by atoms with Crippen LogP contribution in [0.3, 0.4) is 0 Å². The number of hydrogen-bond donors (Lipinski definition) is 4. The molecule has 18 aromatic rings. The molecule has 4 aliphatic heterocycles. The van der Waals surface area contributed by atoms with Crippen LogP contribution < -0.4 is 41.2 Å². The summed E-state index contributed by atoms with van der Waals surface area (Å²) in [6.45, 7) is 11.8. The van der Waals surface area contributed by atoms with Crippen molar-refractivity contribution in [2.45, 2.75) is 157 Å². The summed E-state index contributed by atoms with van der Waals surface area (Å²) in [5.41, 5.74) is 15.9. The fourth-order valence-electron chi connectivity index (χ4n) is 18.5. The maximum atomic E-state index is 15.3. The van der Waals surface area contributed by atoms with Crippen molar-refractivity contribution in [3.8, 4) is 23.0 Å². The number of nitrogens with zero attached hydrogens (tertiary/aromatic N) is 8. The van der Waals surface area contributed by atoms with Gasteiger partial charge in [0.1, 0.15) is 67.7 Å². The fraction of sp³-hybridized carbons (Fsp3) is 0.259. The fourth-order valence-corrected chi connectivity index (χ4v) is 18.5. The molecule has 10 heterocycles. The zero-order valence-electron chi connectivity index (χ0n) is 72.9. The third kappa shape index (κ3) is 17.5. The van der Waals surface area contributed by atoms with Gasteiger partial charge in [-0.1, -0.05) is 198 Å². The van der Waals surface area contributed by atoms with Crippen molar-refractivity contribution in [1.29, 1.82) is 0 Å². The van der Waals surface area contributed by atoms with E-state index in [-0.39, 0.29) is 22.2 Å². The van der Waals surface area contributed by atoms with Gasteiger partial charge in [0.05, 0.1) is 92.1 Å². The van der Waals surface area contributed by atoms with E-state index in [1.807, 2.05) is 222 Å². The minimum atomic E-state index is -0.316. The van der Waals surface area contributed by atoms with E-state index in [1.54, 1.807) is 0 Å². The average molecular weight is 1700 g/mol. The molecular formula is C108H104N12O8. The van der Waals surface area contributed by atoms with Crippen molar-refractivity contribution in [2.24, 2.45) is 0 Å². The first-order valence-electron chi connectivity index (χ1n) is 45.3. The Morgan fingerprint density at radius 1 is 0.234 bits per heavy atom. The SMILES string of the molecule is Cc1cccc2c1[nH]c(=O)c1cccc3c1nc1c4cccc(C)c4[nH]c(=O)c4cccc5c4nc2n5Cc2cccc(c2)OCCCCCCCCCCOc2cccc(c2)Cn2c4cccc5c(=O)[nH]c6c(C)cccc6c6nc7c(cccc7n6Cc6cccc(c6)OCCCCCCCCCCOc6cccc(c6)Cn31)c(=O)[nH]c1c(C)cccc1c2nc54. The van der Waals surface area contributed by atoms with Gasteiger partial charge in [0.25, 0.3) is 22.2 Å². The Kier molecular flexibility index (Phi) is 24.3. The Labute approximate surface area is 739 Å². The highest BCUT2D eigenvalue weighted by Crippen LogP contribution is 2.35. The molecule has 28 bridgehead atoms. The second-order valence-electron chi connectivity index (χ2n) is 34.2. The van der Waals surface area contributed by atoms with Crippen molar-refractivity contribution >= 4 is 132 Å². The predicted octanol–water partition coefficient (Wildman–Crippen LogP) is 23.3. The van der Waals surface area contributed by atoms with Crippen molar-refractivity contribution in [1.82, 2.24) is 58.1 Å². The number of benzene rings is 12. The number of aromatic nitrogens is 12. The minimum absolute atomic E-state index is 0.316. The van der Waals surface area contributed by atoms with Gasteiger partial charge in [0.15, 0.2) is 0 Å². The summed E-state index contributed by atoms with van der Waals surface area (Å²) in [5, 5.41) is 4.41. The molecule has 0 amide bonds. The van der Waals surface area contributed by atoms with Crippen LogP contribution in [0.1, 0.15) is 147 Å². The van der Waals surface area contributed by atoms with Crippen LogP contribution in [0, 0.1) is 27.7 Å². The second-order valence-corrected chi connectivity index (χ2v) is 34.2. The maximum Gasteiger partial charge on any atom is 0.257 e. The standard InChI is InChI=1S/C108H104N12O8/c1-69-33-21-45-81-93(69)113-105(121)85-49-29-54-90-97(85)110-102-82-46-22-34-70(2)94(82)114-106(122)86-50-30-53-89-98(86)109-101(81)117(89)65-73-37-25-41-77(61-73)125-57-17-13-9-5-6-10-15-19-59-127-79-43-27-39-75(63-79)67-119-91-55-31-51-87-99(91)111-103(119)83-47-23-35-71(3)95(83)115-108(124)88-52-32-56-92-100(88)112-104(84-48-24-36-72(4)96(84)116-107(87)123)120(92)68-76-40-28-44-80(64-76)128-60-20-16-12-8-7-11-14-18-58-126-78-42-26-38-74(62-78)66-118(90)102/h21-56,61-64H,5-20,57-60,65-68H2,1-4H3,(H,113,121)(H,114,122)(H,115,124)(H,116,123). The van der Waals surface area contributed by atoms with Crippen LogP contribution in [0.2, 0.25) is 0 Å². The molecule has 4 aliphatic rings. The molecule has 0 fully saturated rings. The summed E-state index contributed by atoms with van der Waals surface area (Å²) in [6, 6.07) is 79.6. The average Bonchev–Trinajstić information content (AvgIpc) is 1.60. The molecule has 0 saturated carbocycles. The number of ether oxygens (including phenoxy) is 4. The lowest BCUT2D eigenvalue weighted by Crippen LogP contribution is -2.06. The number of para-hydroxylation sites is 8. The number of nitrogens with one attached hydrogen (secondary N) is 4. The van der Waals surface area contributed by atoms with Crippen LogP contribution in [0.5, 0.6) is 23.0 Å². The molecule has 0 atom stereocenters. The van der Waals surface area contributed by atoms with Crippen molar-refractivity contribution < 1.29 is 18.9 Å². The van der Waals surface area contributed by atoms with Crippen molar-refractivity contribution in [2.75, 3.05) is 26.4 Å². The Hall–Kier alpha value is -14.4. The number of H-pyrrole nitrogens is 4. The number of hydrogen-bond acceptors (Lipinski definition) is 12. The highest BCUT2D eigenvalue weighted by Gasteiger charge is 2.22. The van der Waals surface area contributed by atoms with Gasteiger partial charge < -0.3 is 57.2 Å². The Bertz CT molecular complexity index is 6900. The lowest BCUT2D eigenvalue weighted by molar-refractivity contribution is 0.301. The topological polar surface area (TPSA) is 240 Å². The largest absolute Gasteiger partial charge is 0.494 e. The van der Waals surface area contributed by atoms with Crippen LogP contribution >= 0.6 is 0 Å². The van der Waals surface area contributed by atoms with Gasteiger partial charge in [0, 0.05) is 47.7 Å². The molecule has 0 radical (unpaired) electrons. The summed E-state index contributed by atoms with van der Waals surface area (Å²) >= 11 is 0. The first-order valence-corrected chi connectivity index (χ1v) is 45.3. The molecule has 0 unspecified atom stereocenters. The van der Waals surface area contributed by atoms with Crippen molar-refractivity contribution in [3.05, 3.63) is 329 Å². The van der Waals surface area contributed by atoms with Crippen LogP contribution in [-0.2, 0) is 26.2 Å². The molecule has 12 aromatic carbocycles. The van der Waals surface area contributed by atoms with E-state index < -0.39 is 0 Å². The van der Waals surface area contributed by atoms with Gasteiger partial charge in [-0.3, -0.25) is 19.2 Å². The number of imidazole rings is 4. The molecule has 128 heavy (non-hydrogen) atoms. The summed E-state index contributed by atoms with van der Waals surface area (Å²) in [5.74, 6) is 3.09. The summed E-state index contributed by atoms with van der Waals surface area (Å²) in [4.78, 5) is 96.4. The third-order valence-corrected chi connectivity index (χ3v) is 25.2. The lowest BCUT2D eigenvalue weighted by Gasteiger charge is -2.11. The quantitative estimate of drug-likeness (QED) is 0.111. The molecule has 4 N–H and O–H groups in total.